The minimum Gasteiger partial charge on any atom is -0.0642 e. The van der Waals surface area contributed by atoms with Gasteiger partial charge in [-0.3, -0.25) is 0 Å². The van der Waals surface area contributed by atoms with Gasteiger partial charge >= 0.3 is 0 Å². The first-order valence-corrected chi connectivity index (χ1v) is 7.45. The molecule has 0 saturated carbocycles. The highest BCUT2D eigenvalue weighted by molar-refractivity contribution is 5.64. The second-order valence-corrected chi connectivity index (χ2v) is 5.14. The molecule has 0 saturated heterocycles. The van der Waals surface area contributed by atoms with Crippen molar-refractivity contribution >= 4 is 0 Å². The molecule has 0 heterocycles. The Morgan fingerprint density at radius 2 is 1.05 bits per heavy atom. The van der Waals surface area contributed by atoms with Crippen molar-refractivity contribution < 1.29 is 0 Å². The lowest BCUT2D eigenvalue weighted by atomic mass is 9.88. The second kappa shape index (κ2) is 6.41. The zero-order valence-corrected chi connectivity index (χ0v) is 12.3. The van der Waals surface area contributed by atoms with Crippen LogP contribution in [0.5, 0.6) is 0 Å². The van der Waals surface area contributed by atoms with Gasteiger partial charge in [0.05, 0.1) is 0 Å². The second-order valence-electron chi connectivity index (χ2n) is 5.14. The highest BCUT2D eigenvalue weighted by Gasteiger charge is 2.12. The first-order valence-electron chi connectivity index (χ1n) is 7.45. The van der Waals surface area contributed by atoms with E-state index in [-0.39, 0.29) is 0 Å². The van der Waals surface area contributed by atoms with E-state index in [0.29, 0.717) is 0 Å². The van der Waals surface area contributed by atoms with E-state index in [1.165, 1.54) is 28.2 Å². The summed E-state index contributed by atoms with van der Waals surface area (Å²) in [5.41, 5.74) is 5.15. The van der Waals surface area contributed by atoms with Gasteiger partial charge in [-0.1, -0.05) is 91.9 Å². The van der Waals surface area contributed by atoms with Crippen LogP contribution in [0.4, 0.5) is 0 Å². The Morgan fingerprint density at radius 3 is 1.62 bits per heavy atom. The first-order chi connectivity index (χ1) is 10.4. The summed E-state index contributed by atoms with van der Waals surface area (Å²) < 4.78 is 0. The average molecular weight is 271 g/mol. The lowest BCUT2D eigenvalue weighted by Crippen LogP contribution is -2.00. The van der Waals surface area contributed by atoms with E-state index in [0.717, 1.165) is 6.42 Å². The van der Waals surface area contributed by atoms with Crippen LogP contribution < -0.4 is 0 Å². The third kappa shape index (κ3) is 3.05. The Morgan fingerprint density at radius 1 is 0.571 bits per heavy atom. The van der Waals surface area contributed by atoms with Crippen molar-refractivity contribution in [2.24, 2.45) is 0 Å². The maximum Gasteiger partial charge on any atom is 0.0337 e. The predicted molar refractivity (Wildman–Crippen MR) is 90.1 cm³/mol. The lowest BCUT2D eigenvalue weighted by Gasteiger charge is -2.15. The molecule has 0 aliphatic heterocycles. The number of hydrogen-bond donors (Lipinski definition) is 0. The third-order valence-electron chi connectivity index (χ3n) is 3.82. The summed E-state index contributed by atoms with van der Waals surface area (Å²) in [6.45, 7) is 2.22. The summed E-state index contributed by atoms with van der Waals surface area (Å²) in [6.07, 6.45) is 1.04. The van der Waals surface area contributed by atoms with Gasteiger partial charge in [0.1, 0.15) is 0 Å². The van der Waals surface area contributed by atoms with E-state index in [2.05, 4.69) is 91.9 Å². The van der Waals surface area contributed by atoms with Gasteiger partial charge in [0.25, 0.3) is 0 Å². The molecule has 0 fully saturated rings. The molecule has 3 aromatic rings. The fourth-order valence-electron chi connectivity index (χ4n) is 2.71. The molecule has 0 aliphatic rings. The van der Waals surface area contributed by atoms with Gasteiger partial charge in [-0.2, -0.15) is 0 Å². The van der Waals surface area contributed by atoms with Gasteiger partial charge in [-0.15, -0.1) is 0 Å². The average Bonchev–Trinajstić information content (AvgIpc) is 2.58. The molecule has 103 valence electrons. The van der Waals surface area contributed by atoms with Crippen LogP contribution in [0.15, 0.2) is 84.9 Å². The molecule has 0 aromatic heterocycles. The van der Waals surface area contributed by atoms with Crippen LogP contribution in [0.3, 0.4) is 0 Å². The molecule has 0 N–H and O–H groups in total. The molecule has 1 radical (unpaired) electrons. The van der Waals surface area contributed by atoms with Crippen LogP contribution in [-0.4, -0.2) is 0 Å². The maximum absolute atomic E-state index is 2.23. The molecule has 0 aliphatic carbocycles. The molecule has 0 unspecified atom stereocenters. The summed E-state index contributed by atoms with van der Waals surface area (Å²) in [5, 5.41) is 0. The summed E-state index contributed by atoms with van der Waals surface area (Å²) in [6, 6.07) is 30.0. The van der Waals surface area contributed by atoms with E-state index >= 15 is 0 Å². The van der Waals surface area contributed by atoms with Crippen LogP contribution in [0, 0.1) is 5.92 Å². The van der Waals surface area contributed by atoms with E-state index in [4.69, 9.17) is 0 Å². The van der Waals surface area contributed by atoms with Gasteiger partial charge in [0, 0.05) is 5.92 Å². The van der Waals surface area contributed by atoms with Gasteiger partial charge in [0.2, 0.25) is 0 Å². The summed E-state index contributed by atoms with van der Waals surface area (Å²) in [4.78, 5) is 0. The molecule has 0 heteroatoms. The van der Waals surface area contributed by atoms with Gasteiger partial charge < -0.3 is 0 Å². The normalized spacial score (nSPS) is 10.8. The highest BCUT2D eigenvalue weighted by Crippen LogP contribution is 2.28. The fourth-order valence-corrected chi connectivity index (χ4v) is 2.71. The maximum atomic E-state index is 2.23. The molecule has 0 amide bonds. The number of benzene rings is 3. The highest BCUT2D eigenvalue weighted by atomic mass is 14.2. The smallest absolute Gasteiger partial charge is 0.0337 e. The van der Waals surface area contributed by atoms with E-state index < -0.39 is 0 Å². The largest absolute Gasteiger partial charge is 0.0642 e. The predicted octanol–water partition coefficient (Wildman–Crippen LogP) is 5.73. The molecule has 21 heavy (non-hydrogen) atoms. The van der Waals surface area contributed by atoms with Crippen molar-refractivity contribution in [2.75, 3.05) is 0 Å². The monoisotopic (exact) mass is 271 g/mol. The topological polar surface area (TPSA) is 0 Å². The van der Waals surface area contributed by atoms with Crippen molar-refractivity contribution in [3.8, 4) is 11.1 Å². The molecule has 0 nitrogen and oxygen atoms in total. The minimum atomic E-state index is 1.04. The van der Waals surface area contributed by atoms with Crippen LogP contribution >= 0.6 is 0 Å². The van der Waals surface area contributed by atoms with E-state index in [1.54, 1.807) is 0 Å². The SMILES string of the molecule is CC[C](c1ccccc1)c1ccc(-c2ccccc2)cc1. The molecule has 3 rings (SSSR count). The fraction of sp³-hybridized carbons (Fsp3) is 0.0952. The Balaban J connectivity index is 1.90. The van der Waals surface area contributed by atoms with Crippen LogP contribution in [0.2, 0.25) is 0 Å². The van der Waals surface area contributed by atoms with Crippen molar-refractivity contribution in [2.45, 2.75) is 13.3 Å². The lowest BCUT2D eigenvalue weighted by molar-refractivity contribution is 0.990. The van der Waals surface area contributed by atoms with Crippen molar-refractivity contribution in [3.05, 3.63) is 102 Å². The Labute approximate surface area is 127 Å². The summed E-state index contributed by atoms with van der Waals surface area (Å²) >= 11 is 0. The zero-order valence-electron chi connectivity index (χ0n) is 12.3. The molecular weight excluding hydrogens is 252 g/mol. The quantitative estimate of drug-likeness (QED) is 0.568. The van der Waals surface area contributed by atoms with Crippen molar-refractivity contribution in [1.82, 2.24) is 0 Å². The van der Waals surface area contributed by atoms with Crippen LogP contribution in [-0.2, 0) is 0 Å². The number of hydrogen-bond acceptors (Lipinski definition) is 0. The van der Waals surface area contributed by atoms with Crippen molar-refractivity contribution in [3.63, 3.8) is 0 Å². The molecule has 0 bridgehead atoms. The summed E-state index contributed by atoms with van der Waals surface area (Å²) in [7, 11) is 0. The summed E-state index contributed by atoms with van der Waals surface area (Å²) in [5.74, 6) is 1.40. The molecule has 0 atom stereocenters. The van der Waals surface area contributed by atoms with Gasteiger partial charge in [0.15, 0.2) is 0 Å². The molecule has 3 aromatic carbocycles. The minimum absolute atomic E-state index is 1.04. The molecular formula is C21H19. The standard InChI is InChI=1S/C21H19/c1-2-21(19-11-7-4-8-12-19)20-15-13-18(14-16-20)17-9-5-3-6-10-17/h3-16H,2H2,1H3. The van der Waals surface area contributed by atoms with E-state index in [1.807, 2.05) is 0 Å². The molecule has 0 spiro atoms. The van der Waals surface area contributed by atoms with Crippen LogP contribution in [0.1, 0.15) is 24.5 Å². The van der Waals surface area contributed by atoms with Gasteiger partial charge in [-0.25, -0.2) is 0 Å². The Bertz CT molecular complexity index is 666. The van der Waals surface area contributed by atoms with Crippen LogP contribution in [0.25, 0.3) is 11.1 Å². The first kappa shape index (κ1) is 13.6. The van der Waals surface area contributed by atoms with E-state index in [9.17, 15) is 0 Å². The Hall–Kier alpha value is -2.34. The van der Waals surface area contributed by atoms with Crippen molar-refractivity contribution in [1.29, 1.82) is 0 Å². The van der Waals surface area contributed by atoms with Gasteiger partial charge in [-0.05, 0) is 28.7 Å². The zero-order chi connectivity index (χ0) is 14.5. The third-order valence-corrected chi connectivity index (χ3v) is 3.82. The Kier molecular flexibility index (Phi) is 4.16. The number of rotatable bonds is 4.